The maximum atomic E-state index is 12.8. The van der Waals surface area contributed by atoms with E-state index in [2.05, 4.69) is 6.92 Å². The minimum atomic E-state index is -0.249. The molecule has 1 aliphatic rings. The highest BCUT2D eigenvalue weighted by atomic mass is 35.5. The molecule has 29 heavy (non-hydrogen) atoms. The van der Waals surface area contributed by atoms with Crippen LogP contribution in [-0.4, -0.2) is 67.5 Å². The zero-order chi connectivity index (χ0) is 21.2. The number of benzene rings is 1. The normalized spacial score (nSPS) is 13.8. The Morgan fingerprint density at radius 2 is 2.03 bits per heavy atom. The van der Waals surface area contributed by atoms with Crippen molar-refractivity contribution in [2.75, 3.05) is 44.9 Å². The molecule has 1 heterocycles. The van der Waals surface area contributed by atoms with Gasteiger partial charge in [0.1, 0.15) is 13.2 Å². The number of hydrogen-bond acceptors (Lipinski definition) is 4. The second kappa shape index (κ2) is 11.8. The highest BCUT2D eigenvalue weighted by molar-refractivity contribution is 6.31. The lowest BCUT2D eigenvalue weighted by Gasteiger charge is -2.25. The number of carbonyl (C=O) groups excluding carboxylic acids is 3. The van der Waals surface area contributed by atoms with Crippen LogP contribution in [0.1, 0.15) is 39.0 Å². The number of ether oxygens (including phenoxy) is 1. The lowest BCUT2D eigenvalue weighted by Crippen LogP contribution is -2.44. The van der Waals surface area contributed by atoms with Crippen molar-refractivity contribution in [1.29, 1.82) is 0 Å². The highest BCUT2D eigenvalue weighted by Gasteiger charge is 2.33. The van der Waals surface area contributed by atoms with Crippen LogP contribution in [0.5, 0.6) is 0 Å². The third kappa shape index (κ3) is 7.01. The molecule has 0 bridgehead atoms. The molecule has 0 spiro atoms. The molecule has 0 aromatic heterocycles. The Kier molecular flexibility index (Phi) is 9.41. The van der Waals surface area contributed by atoms with Crippen LogP contribution >= 0.6 is 11.6 Å². The molecule has 8 heteroatoms. The molecule has 160 valence electrons. The van der Waals surface area contributed by atoms with E-state index in [1.807, 2.05) is 0 Å². The molecule has 1 aromatic rings. The van der Waals surface area contributed by atoms with Gasteiger partial charge in [-0.1, -0.05) is 43.9 Å². The number of rotatable bonds is 11. The average Bonchev–Trinajstić information content (AvgIpc) is 3.10. The van der Waals surface area contributed by atoms with Gasteiger partial charge in [-0.3, -0.25) is 19.3 Å². The Morgan fingerprint density at radius 3 is 2.72 bits per heavy atom. The number of halogens is 1. The maximum absolute atomic E-state index is 12.8. The van der Waals surface area contributed by atoms with E-state index in [1.54, 1.807) is 31.4 Å². The summed E-state index contributed by atoms with van der Waals surface area (Å²) in [5.74, 6) is -0.473. The molecule has 0 radical (unpaired) electrons. The van der Waals surface area contributed by atoms with Crippen molar-refractivity contribution >= 4 is 35.0 Å². The summed E-state index contributed by atoms with van der Waals surface area (Å²) in [6.07, 6.45) is 4.44. The van der Waals surface area contributed by atoms with Crippen LogP contribution in [0.15, 0.2) is 24.3 Å². The largest absolute Gasteiger partial charge is 0.383 e. The molecular weight excluding hydrogens is 394 g/mol. The second-order valence-corrected chi connectivity index (χ2v) is 7.59. The van der Waals surface area contributed by atoms with Crippen LogP contribution in [0.3, 0.4) is 0 Å². The Labute approximate surface area is 177 Å². The number of nitrogens with zero attached hydrogens (tertiary/aromatic N) is 3. The van der Waals surface area contributed by atoms with Gasteiger partial charge in [-0.05, 0) is 24.6 Å². The fraction of sp³-hybridized carbons (Fsp3) is 0.571. The molecular formula is C21H30ClN3O4. The Balaban J connectivity index is 1.95. The number of hydrogen-bond donors (Lipinski definition) is 0. The van der Waals surface area contributed by atoms with Gasteiger partial charge in [-0.2, -0.15) is 0 Å². The van der Waals surface area contributed by atoms with E-state index >= 15 is 0 Å². The molecule has 1 aliphatic heterocycles. The van der Waals surface area contributed by atoms with Gasteiger partial charge in [0.25, 0.3) is 0 Å². The smallest absolute Gasteiger partial charge is 0.248 e. The standard InChI is InChI=1S/C21H30ClN3O4/c1-3-4-5-6-10-19(26)23(11-12-29-2)14-20(27)24-15-21(28)25(16-24)18-9-7-8-17(22)13-18/h7-9,13H,3-6,10-12,14-16H2,1-2H3. The van der Waals surface area contributed by atoms with Gasteiger partial charge >= 0.3 is 0 Å². The van der Waals surface area contributed by atoms with E-state index in [-0.39, 0.29) is 37.5 Å². The lowest BCUT2D eigenvalue weighted by molar-refractivity contribution is -0.140. The quantitative estimate of drug-likeness (QED) is 0.513. The van der Waals surface area contributed by atoms with Gasteiger partial charge < -0.3 is 14.5 Å². The molecule has 0 unspecified atom stereocenters. The van der Waals surface area contributed by atoms with Crippen LogP contribution in [-0.2, 0) is 19.1 Å². The predicted octanol–water partition coefficient (Wildman–Crippen LogP) is 2.92. The Hall–Kier alpha value is -2.12. The first kappa shape index (κ1) is 23.2. The molecule has 3 amide bonds. The van der Waals surface area contributed by atoms with Crippen molar-refractivity contribution in [3.05, 3.63) is 29.3 Å². The number of amides is 3. The molecule has 0 aliphatic carbocycles. The molecule has 7 nitrogen and oxygen atoms in total. The molecule has 0 N–H and O–H groups in total. The summed E-state index contributed by atoms with van der Waals surface area (Å²) in [6, 6.07) is 6.97. The van der Waals surface area contributed by atoms with Crippen LogP contribution in [0.4, 0.5) is 5.69 Å². The summed E-state index contributed by atoms with van der Waals surface area (Å²) in [7, 11) is 1.56. The fourth-order valence-corrected chi connectivity index (χ4v) is 3.39. The van der Waals surface area contributed by atoms with E-state index in [4.69, 9.17) is 16.3 Å². The summed E-state index contributed by atoms with van der Waals surface area (Å²) < 4.78 is 5.08. The monoisotopic (exact) mass is 423 g/mol. The SMILES string of the molecule is CCCCCCC(=O)N(CCOC)CC(=O)N1CC(=O)N(c2cccc(Cl)c2)C1. The lowest BCUT2D eigenvalue weighted by atomic mass is 10.1. The Bertz CT molecular complexity index is 713. The number of unbranched alkanes of at least 4 members (excludes halogenated alkanes) is 3. The number of anilines is 1. The van der Waals surface area contributed by atoms with Crippen molar-refractivity contribution in [2.24, 2.45) is 0 Å². The van der Waals surface area contributed by atoms with Gasteiger partial charge in [0.15, 0.2) is 0 Å². The minimum Gasteiger partial charge on any atom is -0.383 e. The van der Waals surface area contributed by atoms with Gasteiger partial charge in [-0.15, -0.1) is 0 Å². The van der Waals surface area contributed by atoms with E-state index in [9.17, 15) is 14.4 Å². The van der Waals surface area contributed by atoms with Gasteiger partial charge in [-0.25, -0.2) is 0 Å². The van der Waals surface area contributed by atoms with Crippen molar-refractivity contribution in [1.82, 2.24) is 9.80 Å². The van der Waals surface area contributed by atoms with Crippen molar-refractivity contribution in [3.8, 4) is 0 Å². The highest BCUT2D eigenvalue weighted by Crippen LogP contribution is 2.23. The summed E-state index contributed by atoms with van der Waals surface area (Å²) in [5.41, 5.74) is 0.654. The van der Waals surface area contributed by atoms with Crippen molar-refractivity contribution in [2.45, 2.75) is 39.0 Å². The summed E-state index contributed by atoms with van der Waals surface area (Å²) in [6.45, 7) is 2.94. The van der Waals surface area contributed by atoms with E-state index in [0.29, 0.717) is 30.3 Å². The molecule has 1 saturated heterocycles. The zero-order valence-corrected chi connectivity index (χ0v) is 18.0. The topological polar surface area (TPSA) is 70.2 Å². The third-order valence-corrected chi connectivity index (χ3v) is 5.14. The van der Waals surface area contributed by atoms with Gasteiger partial charge in [0, 0.05) is 30.8 Å². The zero-order valence-electron chi connectivity index (χ0n) is 17.2. The van der Waals surface area contributed by atoms with Crippen LogP contribution in [0.25, 0.3) is 0 Å². The first-order valence-corrected chi connectivity index (χ1v) is 10.4. The van der Waals surface area contributed by atoms with Gasteiger partial charge in [0.05, 0.1) is 13.2 Å². The van der Waals surface area contributed by atoms with Crippen LogP contribution in [0, 0.1) is 0 Å². The fourth-order valence-electron chi connectivity index (χ4n) is 3.20. The summed E-state index contributed by atoms with van der Waals surface area (Å²) in [4.78, 5) is 42.2. The Morgan fingerprint density at radius 1 is 1.24 bits per heavy atom. The second-order valence-electron chi connectivity index (χ2n) is 7.15. The van der Waals surface area contributed by atoms with E-state index in [0.717, 1.165) is 25.7 Å². The van der Waals surface area contributed by atoms with Crippen LogP contribution < -0.4 is 4.90 Å². The van der Waals surface area contributed by atoms with Crippen LogP contribution in [0.2, 0.25) is 5.02 Å². The third-order valence-electron chi connectivity index (χ3n) is 4.90. The summed E-state index contributed by atoms with van der Waals surface area (Å²) >= 11 is 6.01. The number of methoxy groups -OCH3 is 1. The first-order valence-electron chi connectivity index (χ1n) is 10.1. The van der Waals surface area contributed by atoms with E-state index < -0.39 is 0 Å². The van der Waals surface area contributed by atoms with Crippen molar-refractivity contribution < 1.29 is 19.1 Å². The number of carbonyl (C=O) groups is 3. The predicted molar refractivity (Wildman–Crippen MR) is 113 cm³/mol. The maximum Gasteiger partial charge on any atom is 0.248 e. The first-order chi connectivity index (χ1) is 14.0. The minimum absolute atomic E-state index is 0.00580. The summed E-state index contributed by atoms with van der Waals surface area (Å²) in [5, 5.41) is 0.527. The molecule has 1 fully saturated rings. The van der Waals surface area contributed by atoms with Crippen molar-refractivity contribution in [3.63, 3.8) is 0 Å². The molecule has 0 saturated carbocycles. The molecule has 1 aromatic carbocycles. The van der Waals surface area contributed by atoms with E-state index in [1.165, 1.54) is 14.7 Å². The van der Waals surface area contributed by atoms with Gasteiger partial charge in [0.2, 0.25) is 17.7 Å². The molecule has 2 rings (SSSR count). The average molecular weight is 424 g/mol. The molecule has 0 atom stereocenters.